The molecule has 1 saturated heterocycles. The highest BCUT2D eigenvalue weighted by Gasteiger charge is 2.24. The van der Waals surface area contributed by atoms with Crippen molar-refractivity contribution in [2.24, 2.45) is 5.92 Å². The molecule has 1 N–H and O–H groups in total. The van der Waals surface area contributed by atoms with Crippen LogP contribution in [-0.2, 0) is 15.0 Å². The van der Waals surface area contributed by atoms with Gasteiger partial charge in [-0.15, -0.1) is 0 Å². The van der Waals surface area contributed by atoms with Gasteiger partial charge in [-0.2, -0.15) is 0 Å². The van der Waals surface area contributed by atoms with Gasteiger partial charge in [0.25, 0.3) is 5.91 Å². The van der Waals surface area contributed by atoms with E-state index in [4.69, 9.17) is 9.47 Å². The quantitative estimate of drug-likeness (QED) is 0.309. The standard InChI is InChI=1S/C29H38N2O5/c1-21(32)36-26-8-5-7-23(19-26)28(34)31-16-14-22(15-17-31)20-30-27(33)9-6-18-35-25-12-10-24(11-13-25)29(2,3)4/h5,7-8,10-13,19,22H,6,9,14-18,20H2,1-4H3,(H,30,33). The molecule has 2 amide bonds. The summed E-state index contributed by atoms with van der Waals surface area (Å²) >= 11 is 0. The number of carbonyl (C=O) groups excluding carboxylic acids is 3. The molecular weight excluding hydrogens is 456 g/mol. The van der Waals surface area contributed by atoms with Crippen LogP contribution in [0.4, 0.5) is 0 Å². The fourth-order valence-electron chi connectivity index (χ4n) is 4.20. The molecule has 0 aliphatic carbocycles. The number of ether oxygens (including phenoxy) is 2. The number of likely N-dealkylation sites (tertiary alicyclic amines) is 1. The molecule has 1 heterocycles. The van der Waals surface area contributed by atoms with E-state index in [-0.39, 0.29) is 17.2 Å². The topological polar surface area (TPSA) is 84.9 Å². The number of piperidine rings is 1. The monoisotopic (exact) mass is 494 g/mol. The van der Waals surface area contributed by atoms with Gasteiger partial charge in [0.05, 0.1) is 6.61 Å². The van der Waals surface area contributed by atoms with E-state index in [2.05, 4.69) is 38.2 Å². The van der Waals surface area contributed by atoms with Crippen LogP contribution >= 0.6 is 0 Å². The van der Waals surface area contributed by atoms with Crippen LogP contribution in [0.3, 0.4) is 0 Å². The van der Waals surface area contributed by atoms with Gasteiger partial charge in [0.15, 0.2) is 0 Å². The largest absolute Gasteiger partial charge is 0.494 e. The minimum atomic E-state index is -0.416. The van der Waals surface area contributed by atoms with Gasteiger partial charge in [-0.3, -0.25) is 14.4 Å². The number of esters is 1. The van der Waals surface area contributed by atoms with E-state index in [0.717, 1.165) is 18.6 Å². The first-order chi connectivity index (χ1) is 17.1. The Morgan fingerprint density at radius 3 is 2.33 bits per heavy atom. The van der Waals surface area contributed by atoms with Crippen molar-refractivity contribution in [3.05, 3.63) is 59.7 Å². The van der Waals surface area contributed by atoms with Crippen LogP contribution < -0.4 is 14.8 Å². The number of rotatable bonds is 9. The second-order valence-electron chi connectivity index (χ2n) is 10.4. The average Bonchev–Trinajstić information content (AvgIpc) is 2.85. The maximum absolute atomic E-state index is 12.8. The second kappa shape index (κ2) is 12.6. The van der Waals surface area contributed by atoms with Crippen molar-refractivity contribution in [3.63, 3.8) is 0 Å². The second-order valence-corrected chi connectivity index (χ2v) is 10.4. The van der Waals surface area contributed by atoms with Crippen LogP contribution in [0.5, 0.6) is 11.5 Å². The molecule has 0 bridgehead atoms. The van der Waals surface area contributed by atoms with Gasteiger partial charge in [-0.1, -0.05) is 39.0 Å². The first-order valence-corrected chi connectivity index (χ1v) is 12.7. The Bertz CT molecular complexity index is 1030. The number of nitrogens with zero attached hydrogens (tertiary/aromatic N) is 1. The van der Waals surface area contributed by atoms with Crippen LogP contribution in [0.25, 0.3) is 0 Å². The van der Waals surface area contributed by atoms with Gasteiger partial charge in [0, 0.05) is 38.5 Å². The van der Waals surface area contributed by atoms with Crippen molar-refractivity contribution >= 4 is 17.8 Å². The number of hydrogen-bond acceptors (Lipinski definition) is 5. The number of carbonyl (C=O) groups is 3. The summed E-state index contributed by atoms with van der Waals surface area (Å²) in [5, 5.41) is 3.03. The van der Waals surface area contributed by atoms with Gasteiger partial charge in [-0.25, -0.2) is 0 Å². The average molecular weight is 495 g/mol. The molecule has 0 unspecified atom stereocenters. The van der Waals surface area contributed by atoms with Crippen LogP contribution in [0, 0.1) is 5.92 Å². The highest BCUT2D eigenvalue weighted by molar-refractivity contribution is 5.94. The molecule has 0 atom stereocenters. The van der Waals surface area contributed by atoms with E-state index in [1.165, 1.54) is 12.5 Å². The fourth-order valence-corrected chi connectivity index (χ4v) is 4.20. The van der Waals surface area contributed by atoms with Crippen LogP contribution in [0.2, 0.25) is 0 Å². The summed E-state index contributed by atoms with van der Waals surface area (Å²) < 4.78 is 10.9. The zero-order valence-corrected chi connectivity index (χ0v) is 21.8. The van der Waals surface area contributed by atoms with Crippen LogP contribution in [0.15, 0.2) is 48.5 Å². The van der Waals surface area contributed by atoms with Gasteiger partial charge in [-0.05, 0) is 66.5 Å². The van der Waals surface area contributed by atoms with E-state index < -0.39 is 5.97 Å². The SMILES string of the molecule is CC(=O)Oc1cccc(C(=O)N2CCC(CNC(=O)CCCOc3ccc(C(C)(C)C)cc3)CC2)c1. The van der Waals surface area contributed by atoms with Crippen molar-refractivity contribution in [2.75, 3.05) is 26.2 Å². The van der Waals surface area contributed by atoms with Crippen molar-refractivity contribution in [1.29, 1.82) is 0 Å². The Hall–Kier alpha value is -3.35. The first kappa shape index (κ1) is 27.2. The molecule has 1 aliphatic heterocycles. The zero-order valence-electron chi connectivity index (χ0n) is 21.8. The number of nitrogens with one attached hydrogen (secondary N) is 1. The molecule has 1 aliphatic rings. The van der Waals surface area contributed by atoms with Gasteiger partial charge >= 0.3 is 5.97 Å². The zero-order chi connectivity index (χ0) is 26.1. The van der Waals surface area contributed by atoms with E-state index in [1.807, 2.05) is 17.0 Å². The predicted octanol–water partition coefficient (Wildman–Crippen LogP) is 4.74. The molecule has 194 valence electrons. The molecule has 2 aromatic carbocycles. The van der Waals surface area contributed by atoms with E-state index in [9.17, 15) is 14.4 Å². The van der Waals surface area contributed by atoms with Crippen molar-refractivity contribution in [3.8, 4) is 11.5 Å². The van der Waals surface area contributed by atoms with Crippen molar-refractivity contribution < 1.29 is 23.9 Å². The molecule has 36 heavy (non-hydrogen) atoms. The molecule has 0 aromatic heterocycles. The summed E-state index contributed by atoms with van der Waals surface area (Å²) in [5.41, 5.74) is 1.88. The van der Waals surface area contributed by atoms with Crippen molar-refractivity contribution in [1.82, 2.24) is 10.2 Å². The molecule has 1 fully saturated rings. The third kappa shape index (κ3) is 8.40. The number of amides is 2. The van der Waals surface area contributed by atoms with Crippen molar-refractivity contribution in [2.45, 2.75) is 58.8 Å². The van der Waals surface area contributed by atoms with Gasteiger partial charge < -0.3 is 19.7 Å². The van der Waals surface area contributed by atoms with Gasteiger partial charge in [0.2, 0.25) is 5.91 Å². The lowest BCUT2D eigenvalue weighted by Crippen LogP contribution is -2.41. The lowest BCUT2D eigenvalue weighted by atomic mass is 9.87. The Balaban J connectivity index is 1.32. The Labute approximate surface area is 214 Å². The molecule has 7 nitrogen and oxygen atoms in total. The van der Waals surface area contributed by atoms with E-state index >= 15 is 0 Å². The molecule has 0 spiro atoms. The summed E-state index contributed by atoms with van der Waals surface area (Å²) in [6.07, 6.45) is 2.76. The smallest absolute Gasteiger partial charge is 0.308 e. The van der Waals surface area contributed by atoms with E-state index in [0.29, 0.717) is 56.3 Å². The molecular formula is C29H38N2O5. The maximum Gasteiger partial charge on any atom is 0.308 e. The predicted molar refractivity (Wildman–Crippen MR) is 139 cm³/mol. The van der Waals surface area contributed by atoms with E-state index in [1.54, 1.807) is 24.3 Å². The Kier molecular flexibility index (Phi) is 9.51. The highest BCUT2D eigenvalue weighted by atomic mass is 16.5. The number of benzene rings is 2. The van der Waals surface area contributed by atoms with Crippen LogP contribution in [-0.4, -0.2) is 48.9 Å². The third-order valence-corrected chi connectivity index (χ3v) is 6.37. The molecule has 3 rings (SSSR count). The lowest BCUT2D eigenvalue weighted by Gasteiger charge is -2.32. The summed E-state index contributed by atoms with van der Waals surface area (Å²) in [5.74, 6) is 1.09. The Morgan fingerprint density at radius 2 is 1.69 bits per heavy atom. The Morgan fingerprint density at radius 1 is 1.00 bits per heavy atom. The normalized spacial score (nSPS) is 14.3. The molecule has 7 heteroatoms. The van der Waals surface area contributed by atoms with Gasteiger partial charge in [0.1, 0.15) is 11.5 Å². The highest BCUT2D eigenvalue weighted by Crippen LogP contribution is 2.24. The van der Waals surface area contributed by atoms with Crippen LogP contribution in [0.1, 0.15) is 69.3 Å². The lowest BCUT2D eigenvalue weighted by molar-refractivity contribution is -0.131. The summed E-state index contributed by atoms with van der Waals surface area (Å²) in [6, 6.07) is 14.8. The minimum absolute atomic E-state index is 0.0301. The summed E-state index contributed by atoms with van der Waals surface area (Å²) in [7, 11) is 0. The molecule has 0 radical (unpaired) electrons. The third-order valence-electron chi connectivity index (χ3n) is 6.37. The maximum atomic E-state index is 12.8. The minimum Gasteiger partial charge on any atom is -0.494 e. The first-order valence-electron chi connectivity index (χ1n) is 12.7. The number of hydrogen-bond donors (Lipinski definition) is 1. The summed E-state index contributed by atoms with van der Waals surface area (Å²) in [6.45, 7) is 10.3. The summed E-state index contributed by atoms with van der Waals surface area (Å²) in [4.78, 5) is 38.0. The molecule has 0 saturated carbocycles. The molecule has 2 aromatic rings. The fraction of sp³-hybridized carbons (Fsp3) is 0.483.